The highest BCUT2D eigenvalue weighted by Crippen LogP contribution is 2.28. The monoisotopic (exact) mass is 331 g/mol. The number of anilines is 1. The normalized spacial score (nSPS) is 15.4. The smallest absolute Gasteiger partial charge is 0.356 e. The minimum Gasteiger partial charge on any atom is -0.464 e. The van der Waals surface area contributed by atoms with E-state index in [9.17, 15) is 9.59 Å². The van der Waals surface area contributed by atoms with E-state index in [1.807, 2.05) is 24.3 Å². The van der Waals surface area contributed by atoms with Gasteiger partial charge in [-0.1, -0.05) is 18.2 Å². The zero-order valence-electron chi connectivity index (χ0n) is 13.6. The number of carbonyl (C=O) groups excluding carboxylic acids is 2. The average molecular weight is 331 g/mol. The molecule has 7 nitrogen and oxygen atoms in total. The maximum atomic E-state index is 12.3. The summed E-state index contributed by atoms with van der Waals surface area (Å²) in [6.07, 6.45) is 0.361. The van der Waals surface area contributed by atoms with E-state index in [4.69, 9.17) is 9.47 Å². The molecule has 2 heterocycles. The number of benzene rings is 1. The lowest BCUT2D eigenvalue weighted by atomic mass is 10.2. The zero-order chi connectivity index (χ0) is 16.9. The standard InChI is InChI=1S/C17H21N3O4/c1-23-17(22)16-15(12-4-2-3-5-13(12)18-16)19-14(21)6-7-20-8-10-24-11-9-20/h2-5,18H,6-11H2,1H3,(H,19,21). The van der Waals surface area contributed by atoms with E-state index in [-0.39, 0.29) is 11.6 Å². The number of carbonyl (C=O) groups is 2. The Hall–Kier alpha value is -2.38. The summed E-state index contributed by atoms with van der Waals surface area (Å²) in [6, 6.07) is 7.44. The second-order valence-electron chi connectivity index (χ2n) is 5.66. The Kier molecular flexibility index (Phi) is 5.12. The molecule has 7 heteroatoms. The van der Waals surface area contributed by atoms with Gasteiger partial charge in [-0.05, 0) is 6.07 Å². The van der Waals surface area contributed by atoms with E-state index in [2.05, 4.69) is 15.2 Å². The number of aromatic amines is 1. The number of fused-ring (bicyclic) bond motifs is 1. The summed E-state index contributed by atoms with van der Waals surface area (Å²) in [7, 11) is 1.32. The van der Waals surface area contributed by atoms with E-state index >= 15 is 0 Å². The Morgan fingerprint density at radius 3 is 2.79 bits per heavy atom. The zero-order valence-corrected chi connectivity index (χ0v) is 13.6. The molecule has 1 aromatic heterocycles. The van der Waals surface area contributed by atoms with Gasteiger partial charge in [-0.3, -0.25) is 9.69 Å². The number of morpholine rings is 1. The summed E-state index contributed by atoms with van der Waals surface area (Å²) in [4.78, 5) is 29.5. The lowest BCUT2D eigenvalue weighted by Gasteiger charge is -2.26. The largest absolute Gasteiger partial charge is 0.464 e. The lowest BCUT2D eigenvalue weighted by molar-refractivity contribution is -0.116. The number of amides is 1. The van der Waals surface area contributed by atoms with Gasteiger partial charge in [0.1, 0.15) is 5.69 Å². The summed E-state index contributed by atoms with van der Waals surface area (Å²) in [5.74, 6) is -0.633. The Labute approximate surface area is 139 Å². The fourth-order valence-electron chi connectivity index (χ4n) is 2.81. The predicted octanol–water partition coefficient (Wildman–Crippen LogP) is 1.62. The molecule has 0 atom stereocenters. The topological polar surface area (TPSA) is 83.7 Å². The lowest BCUT2D eigenvalue weighted by Crippen LogP contribution is -2.38. The summed E-state index contributed by atoms with van der Waals surface area (Å²) in [5.41, 5.74) is 1.52. The maximum Gasteiger partial charge on any atom is 0.356 e. The van der Waals surface area contributed by atoms with Crippen LogP contribution >= 0.6 is 0 Å². The quantitative estimate of drug-likeness (QED) is 0.814. The summed E-state index contributed by atoms with van der Waals surface area (Å²) < 4.78 is 10.1. The Balaban J connectivity index is 1.73. The van der Waals surface area contributed by atoms with Gasteiger partial charge in [-0.2, -0.15) is 0 Å². The minimum atomic E-state index is -0.505. The Bertz CT molecular complexity index is 735. The van der Waals surface area contributed by atoms with Gasteiger partial charge in [0, 0.05) is 37.0 Å². The number of hydrogen-bond acceptors (Lipinski definition) is 5. The molecule has 1 aliphatic rings. The molecule has 1 saturated heterocycles. The van der Waals surface area contributed by atoms with Gasteiger partial charge in [-0.15, -0.1) is 0 Å². The molecule has 24 heavy (non-hydrogen) atoms. The van der Waals surface area contributed by atoms with Crippen LogP contribution < -0.4 is 5.32 Å². The molecule has 0 aliphatic carbocycles. The molecular formula is C17H21N3O4. The number of methoxy groups -OCH3 is 1. The van der Waals surface area contributed by atoms with Crippen LogP contribution in [0.15, 0.2) is 24.3 Å². The number of hydrogen-bond donors (Lipinski definition) is 2. The Morgan fingerprint density at radius 1 is 1.29 bits per heavy atom. The molecular weight excluding hydrogens is 310 g/mol. The predicted molar refractivity (Wildman–Crippen MR) is 90.1 cm³/mol. The van der Waals surface area contributed by atoms with Crippen LogP contribution in [0.4, 0.5) is 5.69 Å². The minimum absolute atomic E-state index is 0.128. The van der Waals surface area contributed by atoms with Crippen molar-refractivity contribution in [3.8, 4) is 0 Å². The van der Waals surface area contributed by atoms with Crippen molar-refractivity contribution in [1.82, 2.24) is 9.88 Å². The third-order valence-electron chi connectivity index (χ3n) is 4.12. The van der Waals surface area contributed by atoms with Crippen LogP contribution in [-0.2, 0) is 14.3 Å². The fraction of sp³-hybridized carbons (Fsp3) is 0.412. The SMILES string of the molecule is COC(=O)c1[nH]c2ccccc2c1NC(=O)CCN1CCOCC1. The van der Waals surface area contributed by atoms with Crippen molar-refractivity contribution >= 4 is 28.5 Å². The van der Waals surface area contributed by atoms with Crippen molar-refractivity contribution in [2.75, 3.05) is 45.3 Å². The molecule has 1 fully saturated rings. The van der Waals surface area contributed by atoms with Gasteiger partial charge in [0.25, 0.3) is 0 Å². The van der Waals surface area contributed by atoms with E-state index < -0.39 is 5.97 Å². The molecule has 2 N–H and O–H groups in total. The third kappa shape index (κ3) is 3.58. The van der Waals surface area contributed by atoms with Gasteiger partial charge < -0.3 is 19.8 Å². The van der Waals surface area contributed by atoms with E-state index in [1.54, 1.807) is 0 Å². The first kappa shape index (κ1) is 16.5. The van der Waals surface area contributed by atoms with Gasteiger partial charge >= 0.3 is 5.97 Å². The van der Waals surface area contributed by atoms with Gasteiger partial charge in [0.15, 0.2) is 0 Å². The number of esters is 1. The van der Waals surface area contributed by atoms with Crippen molar-refractivity contribution in [3.63, 3.8) is 0 Å². The molecule has 2 aromatic rings. The van der Waals surface area contributed by atoms with Crippen molar-refractivity contribution in [1.29, 1.82) is 0 Å². The van der Waals surface area contributed by atoms with Crippen LogP contribution in [0.1, 0.15) is 16.9 Å². The summed E-state index contributed by atoms with van der Waals surface area (Å²) >= 11 is 0. The van der Waals surface area contributed by atoms with E-state index in [1.165, 1.54) is 7.11 Å². The molecule has 0 radical (unpaired) electrons. The van der Waals surface area contributed by atoms with Gasteiger partial charge in [-0.25, -0.2) is 4.79 Å². The fourth-order valence-corrected chi connectivity index (χ4v) is 2.81. The van der Waals surface area contributed by atoms with Crippen LogP contribution in [0.2, 0.25) is 0 Å². The van der Waals surface area contributed by atoms with Crippen molar-refractivity contribution in [3.05, 3.63) is 30.0 Å². The van der Waals surface area contributed by atoms with Crippen molar-refractivity contribution in [2.24, 2.45) is 0 Å². The van der Waals surface area contributed by atoms with Gasteiger partial charge in [0.2, 0.25) is 5.91 Å². The van der Waals surface area contributed by atoms with Crippen LogP contribution in [0.5, 0.6) is 0 Å². The number of ether oxygens (including phenoxy) is 2. The molecule has 0 unspecified atom stereocenters. The van der Waals surface area contributed by atoms with Crippen molar-refractivity contribution in [2.45, 2.75) is 6.42 Å². The van der Waals surface area contributed by atoms with E-state index in [0.717, 1.165) is 24.0 Å². The third-order valence-corrected chi connectivity index (χ3v) is 4.12. The molecule has 1 amide bonds. The second-order valence-corrected chi connectivity index (χ2v) is 5.66. The molecule has 0 saturated carbocycles. The van der Waals surface area contributed by atoms with Crippen LogP contribution in [0, 0.1) is 0 Å². The molecule has 0 bridgehead atoms. The summed E-state index contributed by atoms with van der Waals surface area (Å²) in [6.45, 7) is 3.76. The highest BCUT2D eigenvalue weighted by Gasteiger charge is 2.20. The maximum absolute atomic E-state index is 12.3. The number of H-pyrrole nitrogens is 1. The average Bonchev–Trinajstić information content (AvgIpc) is 2.99. The number of aromatic nitrogens is 1. The highest BCUT2D eigenvalue weighted by molar-refractivity contribution is 6.10. The first-order valence-corrected chi connectivity index (χ1v) is 7.98. The molecule has 3 rings (SSSR count). The first-order chi connectivity index (χ1) is 11.7. The van der Waals surface area contributed by atoms with Gasteiger partial charge in [0.05, 0.1) is 26.0 Å². The summed E-state index contributed by atoms with van der Waals surface area (Å²) in [5, 5.41) is 3.65. The number of nitrogens with one attached hydrogen (secondary N) is 2. The van der Waals surface area contributed by atoms with E-state index in [0.29, 0.717) is 31.9 Å². The number of para-hydroxylation sites is 1. The molecule has 128 valence electrons. The first-order valence-electron chi connectivity index (χ1n) is 7.98. The number of nitrogens with zero attached hydrogens (tertiary/aromatic N) is 1. The van der Waals surface area contributed by atoms with Crippen LogP contribution in [0.25, 0.3) is 10.9 Å². The second kappa shape index (κ2) is 7.46. The van der Waals surface area contributed by atoms with Crippen LogP contribution in [-0.4, -0.2) is 61.7 Å². The molecule has 1 aliphatic heterocycles. The number of rotatable bonds is 5. The highest BCUT2D eigenvalue weighted by atomic mass is 16.5. The molecule has 1 aromatic carbocycles. The van der Waals surface area contributed by atoms with Crippen LogP contribution in [0.3, 0.4) is 0 Å². The Morgan fingerprint density at radius 2 is 2.04 bits per heavy atom. The molecule has 0 spiro atoms. The van der Waals surface area contributed by atoms with Crippen molar-refractivity contribution < 1.29 is 19.1 Å².